The minimum atomic E-state index is -1.30. The Balaban J connectivity index is 0.000000169. The van der Waals surface area contributed by atoms with Gasteiger partial charge in [-0.2, -0.15) is 28.8 Å². The minimum absolute atomic E-state index is 0.286. The second kappa shape index (κ2) is 40.2. The highest BCUT2D eigenvalue weighted by Gasteiger charge is 2.32. The Hall–Kier alpha value is -9.84. The molecule has 0 saturated carbocycles. The van der Waals surface area contributed by atoms with Gasteiger partial charge >= 0.3 is 12.2 Å². The van der Waals surface area contributed by atoms with E-state index in [-0.39, 0.29) is 25.6 Å². The highest BCUT2D eigenvalue weighted by molar-refractivity contribution is 6.77. The van der Waals surface area contributed by atoms with Crippen molar-refractivity contribution in [1.82, 2.24) is 73.9 Å². The number of hydrogen-bond acceptors (Lipinski definition) is 21. The number of anilines is 3. The predicted molar refractivity (Wildman–Crippen MR) is 523 cm³/mol. The van der Waals surface area contributed by atoms with Crippen LogP contribution in [0.1, 0.15) is 77.9 Å². The van der Waals surface area contributed by atoms with Crippen LogP contribution in [0, 0.1) is 0 Å². The normalized spacial score (nSPS) is 14.4. The van der Waals surface area contributed by atoms with E-state index in [0.29, 0.717) is 118 Å². The molecule has 126 heavy (non-hydrogen) atoms. The van der Waals surface area contributed by atoms with Crippen molar-refractivity contribution < 1.29 is 38.0 Å². The molecule has 0 spiro atoms. The predicted octanol–water partition coefficient (Wildman–Crippen LogP) is 21.0. The lowest BCUT2D eigenvalue weighted by atomic mass is 10.0. The van der Waals surface area contributed by atoms with Gasteiger partial charge in [0.2, 0.25) is 0 Å². The molecule has 0 saturated heterocycles. The molecule has 26 nitrogen and oxygen atoms in total. The fourth-order valence-electron chi connectivity index (χ4n) is 14.4. The zero-order valence-corrected chi connectivity index (χ0v) is 82.0. The Bertz CT molecular complexity index is 5930. The van der Waals surface area contributed by atoms with Crippen LogP contribution in [0.5, 0.6) is 0 Å². The van der Waals surface area contributed by atoms with E-state index in [0.717, 1.165) is 149 Å². The molecule has 0 radical (unpaired) electrons. The van der Waals surface area contributed by atoms with Crippen LogP contribution >= 0.6 is 23.2 Å². The maximum absolute atomic E-state index is 12.9. The minimum Gasteiger partial charge on any atom is -0.444 e. The fraction of sp³-hybridized carbons (Fsp3) is 0.436. The maximum Gasteiger partial charge on any atom is 0.410 e. The molecule has 3 aliphatic heterocycles. The van der Waals surface area contributed by atoms with Crippen LogP contribution in [0.15, 0.2) is 152 Å². The second-order valence-electron chi connectivity index (χ2n) is 39.4. The van der Waals surface area contributed by atoms with Crippen LogP contribution < -0.4 is 20.9 Å². The van der Waals surface area contributed by atoms with Crippen LogP contribution in [0.25, 0.3) is 99.8 Å². The number of nitrogens with one attached hydrogen (secondary N) is 1. The molecule has 3 aromatic carbocycles. The zero-order chi connectivity index (χ0) is 90.0. The van der Waals surface area contributed by atoms with Gasteiger partial charge in [-0.15, -0.1) is 0 Å². The quantitative estimate of drug-likeness (QED) is 0.0262. The summed E-state index contributed by atoms with van der Waals surface area (Å²) in [5, 5.41) is 21.5. The molecule has 0 unspecified atom stereocenters. The number of halogens is 2. The number of nitrogen functional groups attached to an aromatic ring is 1. The average Bonchev–Trinajstić information content (AvgIpc) is 1.57. The number of nitrogens with zero attached hydrogens (tertiary/aromatic N) is 16. The molecule has 0 aliphatic carbocycles. The molecule has 3 N–H and O–H groups in total. The van der Waals surface area contributed by atoms with Crippen LogP contribution in [-0.4, -0.2) is 217 Å². The number of hydrogen-bond donors (Lipinski definition) is 2. The van der Waals surface area contributed by atoms with Crippen molar-refractivity contribution in [2.45, 2.75) is 175 Å². The number of amides is 2. The van der Waals surface area contributed by atoms with Gasteiger partial charge in [0.05, 0.1) is 52.2 Å². The largest absolute Gasteiger partial charge is 0.444 e. The van der Waals surface area contributed by atoms with Crippen LogP contribution in [0.3, 0.4) is 0 Å². The van der Waals surface area contributed by atoms with Gasteiger partial charge in [0.25, 0.3) is 0 Å². The first-order valence-electron chi connectivity index (χ1n) is 43.7. The van der Waals surface area contributed by atoms with E-state index in [4.69, 9.17) is 92.5 Å². The average molecular weight is 1820 g/mol. The Morgan fingerprint density at radius 1 is 0.460 bits per heavy atom. The molecule has 32 heteroatoms. The van der Waals surface area contributed by atoms with Gasteiger partial charge < -0.3 is 59.1 Å². The molecular formula is C94H124Cl2N18O8Si4. The number of nitrogens with two attached hydrogens (primary N) is 1. The molecule has 12 aromatic rings. The van der Waals surface area contributed by atoms with Crippen molar-refractivity contribution in [1.29, 1.82) is 0 Å². The Kier molecular flexibility index (Phi) is 29.9. The molecule has 0 bridgehead atoms. The Morgan fingerprint density at radius 3 is 1.25 bits per heavy atom. The highest BCUT2D eigenvalue weighted by atomic mass is 35.5. The summed E-state index contributed by atoms with van der Waals surface area (Å²) in [6.45, 7) is 47.1. The van der Waals surface area contributed by atoms with Gasteiger partial charge in [-0.05, 0) is 145 Å². The second-order valence-corrected chi connectivity index (χ2v) is 62.6. The van der Waals surface area contributed by atoms with Crippen molar-refractivity contribution >= 4 is 152 Å². The summed E-state index contributed by atoms with van der Waals surface area (Å²) in [5.74, 6) is 1.90. The highest BCUT2D eigenvalue weighted by Crippen LogP contribution is 2.41. The molecule has 9 aromatic heterocycles. The standard InChI is InChI=1S/C37H53ClN6O4Si2.C37H54N6O4Si2.C20H17ClN6/c1-37(2,3)48-36(45)42-16-14-27(15-17-42)33-32(38)35(43(25-46-18-20-49(4,5)6)26-47-19-21-50(7,8)9)44-34(41-33)30(24-40-44)29-22-28-12-10-11-13-31(28)39-23-29;1-37(2,3)47-36(44)41-16-14-28(15-17-41)33-23-34(42(26-45-18-20-48(4,5)6)27-46-19-21-49(7,8)9)43-35(40-33)31(25-39-43)30-22-29-12-10-11-13-32(29)38-24-30;21-17-18(12-5-7-23-8-6-12)26-20-15(11-25-27(20)19(17)22)14-9-13-3-1-2-4-16(13)24-10-14/h10-14,22-24H,15-21,25-26H2,1-9H3;10-14,22-25H,15-21,26-27H2,1-9H3;1-5,9-11,23H,6-8,22H2. The summed E-state index contributed by atoms with van der Waals surface area (Å²) in [6, 6.07) is 36.9. The molecule has 2 amide bonds. The first-order valence-corrected chi connectivity index (χ1v) is 59.3. The van der Waals surface area contributed by atoms with E-state index in [1.165, 1.54) is 0 Å². The van der Waals surface area contributed by atoms with Crippen LogP contribution in [-0.2, 0) is 28.4 Å². The molecule has 0 fully saturated rings. The molecule has 12 heterocycles. The summed E-state index contributed by atoms with van der Waals surface area (Å²) >= 11 is 13.9. The summed E-state index contributed by atoms with van der Waals surface area (Å²) < 4.78 is 41.9. The lowest BCUT2D eigenvalue weighted by molar-refractivity contribution is 0.0260. The SMILES string of the molecule is CC(C)(C)OC(=O)N1CC=C(c2cc(N(COCC[Si](C)(C)C)COCC[Si](C)(C)C)n3ncc(-c4cnc5ccccc5c4)c3n2)CC1.CC(C)(C)OC(=O)N1CC=C(c2nc3c(-c4cnc5ccccc5c4)cnn3c(N(COCC[Si](C)(C)C)COCC[Si](C)(C)C)c2Cl)CC1.Nc1c(Cl)c(C2=CCNCC2)nc2c(-c3cnc4ccccc4c3)cnn12. The number of rotatable bonds is 28. The van der Waals surface area contributed by atoms with Crippen molar-refractivity contribution in [2.75, 3.05) is 108 Å². The lowest BCUT2D eigenvalue weighted by Crippen LogP contribution is -2.39. The van der Waals surface area contributed by atoms with Gasteiger partial charge in [0.15, 0.2) is 22.8 Å². The van der Waals surface area contributed by atoms with Gasteiger partial charge in [-0.25, -0.2) is 24.5 Å². The van der Waals surface area contributed by atoms with Crippen LogP contribution in [0.2, 0.25) is 113 Å². The van der Waals surface area contributed by atoms with Gasteiger partial charge in [-0.1, -0.05) is 175 Å². The van der Waals surface area contributed by atoms with Gasteiger partial charge in [0.1, 0.15) is 59.8 Å². The lowest BCUT2D eigenvalue weighted by Gasteiger charge is -2.30. The van der Waals surface area contributed by atoms with Crippen molar-refractivity contribution in [3.8, 4) is 33.4 Å². The Morgan fingerprint density at radius 2 is 0.841 bits per heavy atom. The van der Waals surface area contributed by atoms with E-state index in [9.17, 15) is 9.59 Å². The molecule has 0 atom stereocenters. The zero-order valence-electron chi connectivity index (χ0n) is 76.5. The van der Waals surface area contributed by atoms with Gasteiger partial charge in [0, 0.05) is 166 Å². The number of benzene rings is 3. The summed E-state index contributed by atoms with van der Waals surface area (Å²) in [6.07, 6.45) is 18.7. The number of ether oxygens (including phenoxy) is 6. The van der Waals surface area contributed by atoms with Crippen LogP contribution in [0.4, 0.5) is 27.0 Å². The maximum atomic E-state index is 12.9. The number of carbonyl (C=O) groups is 2. The van der Waals surface area contributed by atoms with E-state index in [1.807, 2.05) is 149 Å². The first kappa shape index (κ1) is 93.8. The molecule has 668 valence electrons. The number of para-hydroxylation sites is 3. The van der Waals surface area contributed by atoms with E-state index in [2.05, 4.69) is 147 Å². The van der Waals surface area contributed by atoms with Crippen molar-refractivity contribution in [2.24, 2.45) is 0 Å². The van der Waals surface area contributed by atoms with Gasteiger partial charge in [-0.3, -0.25) is 15.0 Å². The number of pyridine rings is 3. The third kappa shape index (κ3) is 24.7. The third-order valence-electron chi connectivity index (χ3n) is 21.7. The Labute approximate surface area is 754 Å². The fourth-order valence-corrected chi connectivity index (χ4v) is 18.0. The summed E-state index contributed by atoms with van der Waals surface area (Å²) in [4.78, 5) is 62.5. The summed E-state index contributed by atoms with van der Waals surface area (Å²) in [5.41, 5.74) is 20.8. The van der Waals surface area contributed by atoms with Crippen molar-refractivity contribution in [3.05, 3.63) is 180 Å². The third-order valence-corrected chi connectivity index (χ3v) is 29.2. The van der Waals surface area contributed by atoms with E-state index < -0.39 is 43.5 Å². The molecule has 3 aliphatic rings. The number of carbonyl (C=O) groups excluding carboxylic acids is 2. The molecular weight excluding hydrogens is 1690 g/mol. The number of aromatic nitrogens is 12. The molecule has 15 rings (SSSR count). The topological polar surface area (TPSA) is 270 Å². The van der Waals surface area contributed by atoms with Crippen molar-refractivity contribution in [3.63, 3.8) is 0 Å². The van der Waals surface area contributed by atoms with E-state index >= 15 is 0 Å². The summed E-state index contributed by atoms with van der Waals surface area (Å²) in [7, 11) is -5.13. The first-order chi connectivity index (χ1) is 59.8. The van der Waals surface area contributed by atoms with E-state index in [1.54, 1.807) is 25.0 Å². The number of fused-ring (bicyclic) bond motifs is 6. The smallest absolute Gasteiger partial charge is 0.410 e. The monoisotopic (exact) mass is 1810 g/mol.